The molecule has 0 radical (unpaired) electrons. The summed E-state index contributed by atoms with van der Waals surface area (Å²) < 4.78 is 7.38. The lowest BCUT2D eigenvalue weighted by atomic mass is 10.3. The molecule has 0 saturated carbocycles. The third-order valence-electron chi connectivity index (χ3n) is 2.92. The molecule has 1 N–H and O–H groups in total. The molecule has 0 aliphatic heterocycles. The highest BCUT2D eigenvalue weighted by Gasteiger charge is 2.16. The molecule has 0 spiro atoms. The number of para-hydroxylation sites is 1. The normalized spacial score (nSPS) is 11.0. The van der Waals surface area contributed by atoms with Crippen molar-refractivity contribution in [3.8, 4) is 10.8 Å². The Hall–Kier alpha value is -2.10. The summed E-state index contributed by atoms with van der Waals surface area (Å²) in [7, 11) is 0. The van der Waals surface area contributed by atoms with E-state index in [9.17, 15) is 4.79 Å². The first-order valence-corrected chi connectivity index (χ1v) is 8.88. The van der Waals surface area contributed by atoms with Crippen LogP contribution < -0.4 is 5.32 Å². The summed E-state index contributed by atoms with van der Waals surface area (Å²) in [6.45, 7) is 0. The Morgan fingerprint density at radius 2 is 2.00 bits per heavy atom. The van der Waals surface area contributed by atoms with Gasteiger partial charge >= 0.3 is 6.01 Å². The monoisotopic (exact) mass is 406 g/mol. The Morgan fingerprint density at radius 1 is 1.13 bits per heavy atom. The van der Waals surface area contributed by atoms with Crippen LogP contribution in [0, 0.1) is 0 Å². The number of benzene rings is 1. The minimum atomic E-state index is -0.367. The van der Waals surface area contributed by atoms with E-state index in [1.54, 1.807) is 0 Å². The highest BCUT2D eigenvalue weighted by atomic mass is 79.9. The van der Waals surface area contributed by atoms with Gasteiger partial charge in [0.15, 0.2) is 5.01 Å². The van der Waals surface area contributed by atoms with Crippen LogP contribution in [0.4, 0.5) is 6.01 Å². The van der Waals surface area contributed by atoms with Crippen molar-refractivity contribution in [1.29, 1.82) is 0 Å². The minimum Gasteiger partial charge on any atom is -0.402 e. The van der Waals surface area contributed by atoms with Crippen LogP contribution in [-0.2, 0) is 0 Å². The van der Waals surface area contributed by atoms with Crippen LogP contribution in [0.5, 0.6) is 0 Å². The van der Waals surface area contributed by atoms with Crippen LogP contribution in [-0.4, -0.2) is 21.1 Å². The predicted octanol–water partition coefficient (Wildman–Crippen LogP) is 4.42. The second-order valence-electron chi connectivity index (χ2n) is 4.46. The third-order valence-corrected chi connectivity index (χ3v) is 5.56. The smallest absolute Gasteiger partial charge is 0.322 e. The fourth-order valence-electron chi connectivity index (χ4n) is 1.92. The second kappa shape index (κ2) is 5.84. The molecular formula is C14H7BrN4O2S2. The molecule has 0 unspecified atom stereocenters. The van der Waals surface area contributed by atoms with Gasteiger partial charge in [-0.2, -0.15) is 0 Å². The number of hydrogen-bond donors (Lipinski definition) is 1. The molecule has 0 bridgehead atoms. The molecule has 1 aromatic carbocycles. The predicted molar refractivity (Wildman–Crippen MR) is 92.9 cm³/mol. The topological polar surface area (TPSA) is 80.9 Å². The molecule has 0 fully saturated rings. The number of thiophene rings is 1. The van der Waals surface area contributed by atoms with Crippen LogP contribution in [0.2, 0.25) is 0 Å². The van der Waals surface area contributed by atoms with Crippen molar-refractivity contribution < 1.29 is 9.21 Å². The molecule has 9 heteroatoms. The van der Waals surface area contributed by atoms with Crippen molar-refractivity contribution in [2.45, 2.75) is 0 Å². The van der Waals surface area contributed by atoms with Gasteiger partial charge in [-0.15, -0.1) is 27.8 Å². The molecule has 114 valence electrons. The van der Waals surface area contributed by atoms with Gasteiger partial charge in [-0.25, -0.2) is 4.98 Å². The van der Waals surface area contributed by atoms with Crippen molar-refractivity contribution >= 4 is 60.7 Å². The molecule has 4 rings (SSSR count). The first kappa shape index (κ1) is 14.5. The lowest BCUT2D eigenvalue weighted by Gasteiger charge is -1.94. The number of thiazole rings is 1. The average Bonchev–Trinajstić information content (AvgIpc) is 3.25. The Kier molecular flexibility index (Phi) is 3.68. The lowest BCUT2D eigenvalue weighted by Crippen LogP contribution is -2.11. The number of nitrogens with one attached hydrogen (secondary N) is 1. The molecule has 23 heavy (non-hydrogen) atoms. The van der Waals surface area contributed by atoms with Gasteiger partial charge in [-0.05, 0) is 40.2 Å². The molecular weight excluding hydrogens is 400 g/mol. The van der Waals surface area contributed by atoms with Crippen molar-refractivity contribution in [2.24, 2.45) is 0 Å². The fraction of sp³-hybridized carbons (Fsp3) is 0. The number of hydrogen-bond acceptors (Lipinski definition) is 7. The van der Waals surface area contributed by atoms with Crippen molar-refractivity contribution in [2.75, 3.05) is 5.32 Å². The SMILES string of the molecule is O=C(Nc1nnc(-c2ccc(Br)s2)o1)c1nc2ccccc2s1. The van der Waals surface area contributed by atoms with E-state index in [2.05, 4.69) is 36.4 Å². The number of fused-ring (bicyclic) bond motifs is 1. The quantitative estimate of drug-likeness (QED) is 0.544. The van der Waals surface area contributed by atoms with Crippen LogP contribution in [0.3, 0.4) is 0 Å². The number of amides is 1. The van der Waals surface area contributed by atoms with Gasteiger partial charge in [0.05, 0.1) is 18.9 Å². The van der Waals surface area contributed by atoms with E-state index >= 15 is 0 Å². The Morgan fingerprint density at radius 3 is 2.78 bits per heavy atom. The zero-order valence-corrected chi connectivity index (χ0v) is 14.5. The highest BCUT2D eigenvalue weighted by Crippen LogP contribution is 2.31. The maximum atomic E-state index is 12.2. The van der Waals surface area contributed by atoms with E-state index in [4.69, 9.17) is 4.42 Å². The molecule has 1 amide bonds. The van der Waals surface area contributed by atoms with E-state index in [0.717, 1.165) is 18.9 Å². The number of halogens is 1. The van der Waals surface area contributed by atoms with E-state index in [0.29, 0.717) is 10.9 Å². The van der Waals surface area contributed by atoms with Gasteiger partial charge in [0.1, 0.15) is 0 Å². The number of rotatable bonds is 3. The van der Waals surface area contributed by atoms with Gasteiger partial charge in [0.25, 0.3) is 11.8 Å². The summed E-state index contributed by atoms with van der Waals surface area (Å²) in [6.07, 6.45) is 0. The average molecular weight is 407 g/mol. The Labute approximate surface area is 146 Å². The van der Waals surface area contributed by atoms with Gasteiger partial charge < -0.3 is 4.42 Å². The standard InChI is InChI=1S/C14H7BrN4O2S2/c15-10-6-5-9(22-10)12-18-19-14(21-12)17-11(20)13-16-7-3-1-2-4-8(7)23-13/h1-6H,(H,17,19,20). The molecule has 0 atom stereocenters. The van der Waals surface area contributed by atoms with Gasteiger partial charge in [-0.3, -0.25) is 10.1 Å². The summed E-state index contributed by atoms with van der Waals surface area (Å²) in [5.41, 5.74) is 0.789. The minimum absolute atomic E-state index is 0.0498. The highest BCUT2D eigenvalue weighted by molar-refractivity contribution is 9.11. The zero-order chi connectivity index (χ0) is 15.8. The first-order chi connectivity index (χ1) is 11.2. The Balaban J connectivity index is 1.55. The van der Waals surface area contributed by atoms with Crippen LogP contribution in [0.25, 0.3) is 21.0 Å². The van der Waals surface area contributed by atoms with Crippen LogP contribution in [0.1, 0.15) is 9.80 Å². The van der Waals surface area contributed by atoms with Crippen LogP contribution in [0.15, 0.2) is 44.6 Å². The second-order valence-corrected chi connectivity index (χ2v) is 7.95. The summed E-state index contributed by atoms with van der Waals surface area (Å²) in [4.78, 5) is 17.4. The van der Waals surface area contributed by atoms with E-state index in [1.165, 1.54) is 22.7 Å². The lowest BCUT2D eigenvalue weighted by molar-refractivity contribution is 0.102. The Bertz CT molecular complexity index is 974. The molecule has 0 aliphatic rings. The molecule has 4 aromatic rings. The molecule has 3 aromatic heterocycles. The van der Waals surface area contributed by atoms with Crippen molar-refractivity contribution in [3.63, 3.8) is 0 Å². The van der Waals surface area contributed by atoms with E-state index in [-0.39, 0.29) is 11.9 Å². The fourth-order valence-corrected chi connectivity index (χ4v) is 4.09. The molecule has 0 aliphatic carbocycles. The maximum absolute atomic E-state index is 12.2. The third kappa shape index (κ3) is 2.90. The van der Waals surface area contributed by atoms with Crippen molar-refractivity contribution in [3.05, 3.63) is 45.2 Å². The first-order valence-electron chi connectivity index (χ1n) is 6.45. The zero-order valence-electron chi connectivity index (χ0n) is 11.3. The maximum Gasteiger partial charge on any atom is 0.322 e. The van der Waals surface area contributed by atoms with Gasteiger partial charge in [-0.1, -0.05) is 17.2 Å². The molecule has 6 nitrogen and oxygen atoms in total. The molecule has 3 heterocycles. The van der Waals surface area contributed by atoms with Gasteiger partial charge in [0.2, 0.25) is 0 Å². The summed E-state index contributed by atoms with van der Waals surface area (Å²) >= 11 is 6.16. The number of aromatic nitrogens is 3. The van der Waals surface area contributed by atoms with Crippen molar-refractivity contribution in [1.82, 2.24) is 15.2 Å². The number of nitrogens with zero attached hydrogens (tertiary/aromatic N) is 3. The van der Waals surface area contributed by atoms with Crippen LogP contribution >= 0.6 is 38.6 Å². The summed E-state index contributed by atoms with van der Waals surface area (Å²) in [6, 6.07) is 11.4. The van der Waals surface area contributed by atoms with E-state index < -0.39 is 0 Å². The number of anilines is 1. The summed E-state index contributed by atoms with van der Waals surface area (Å²) in [5, 5.41) is 10.7. The van der Waals surface area contributed by atoms with E-state index in [1.807, 2.05) is 36.4 Å². The largest absolute Gasteiger partial charge is 0.402 e. The number of carbonyl (C=O) groups is 1. The molecule has 0 saturated heterocycles. The number of carbonyl (C=O) groups excluding carboxylic acids is 1. The summed E-state index contributed by atoms with van der Waals surface area (Å²) in [5.74, 6) is -0.00550. The van der Waals surface area contributed by atoms with Gasteiger partial charge in [0, 0.05) is 0 Å².